The number of benzene rings is 1. The predicted octanol–water partition coefficient (Wildman–Crippen LogP) is 2.24. The van der Waals surface area contributed by atoms with Gasteiger partial charge in [0.2, 0.25) is 0 Å². The Bertz CT molecular complexity index is 394. The quantitative estimate of drug-likeness (QED) is 0.577. The molecule has 0 amide bonds. The fourth-order valence-electron chi connectivity index (χ4n) is 1.41. The van der Waals surface area contributed by atoms with Gasteiger partial charge in [0.05, 0.1) is 13.5 Å². The van der Waals surface area contributed by atoms with Gasteiger partial charge in [-0.05, 0) is 11.6 Å². The van der Waals surface area contributed by atoms with E-state index in [2.05, 4.69) is 4.74 Å². The Morgan fingerprint density at radius 2 is 2.00 bits per heavy atom. The molecule has 0 unspecified atom stereocenters. The van der Waals surface area contributed by atoms with E-state index in [0.29, 0.717) is 5.56 Å². The Morgan fingerprint density at radius 1 is 1.31 bits per heavy atom. The molecule has 0 aliphatic carbocycles. The van der Waals surface area contributed by atoms with Crippen LogP contribution in [0, 0.1) is 5.92 Å². The van der Waals surface area contributed by atoms with Gasteiger partial charge in [-0.25, -0.2) is 0 Å². The van der Waals surface area contributed by atoms with Gasteiger partial charge in [0.25, 0.3) is 0 Å². The second kappa shape index (κ2) is 5.45. The summed E-state index contributed by atoms with van der Waals surface area (Å²) in [6, 6.07) is 7.12. The molecule has 0 radical (unpaired) electrons. The molecule has 0 fully saturated rings. The van der Waals surface area contributed by atoms with E-state index in [9.17, 15) is 9.59 Å². The number of Topliss-reactive ketones (excluding diaryl/α,β-unsaturated/α-hetero) is 1. The van der Waals surface area contributed by atoms with Crippen LogP contribution in [0.3, 0.4) is 0 Å². The number of esters is 1. The monoisotopic (exact) mass is 220 g/mol. The molecule has 1 aromatic carbocycles. The van der Waals surface area contributed by atoms with E-state index in [-0.39, 0.29) is 24.1 Å². The van der Waals surface area contributed by atoms with Gasteiger partial charge >= 0.3 is 5.97 Å². The Morgan fingerprint density at radius 3 is 2.56 bits per heavy atom. The van der Waals surface area contributed by atoms with Crippen molar-refractivity contribution in [2.24, 2.45) is 5.92 Å². The molecule has 1 aromatic rings. The van der Waals surface area contributed by atoms with E-state index in [1.165, 1.54) is 7.11 Å². The first-order valence-corrected chi connectivity index (χ1v) is 5.24. The maximum atomic E-state index is 11.7. The largest absolute Gasteiger partial charge is 0.469 e. The number of ketones is 1. The van der Waals surface area contributed by atoms with Gasteiger partial charge in [-0.2, -0.15) is 0 Å². The first kappa shape index (κ1) is 12.4. The van der Waals surface area contributed by atoms with Crippen LogP contribution >= 0.6 is 0 Å². The van der Waals surface area contributed by atoms with Crippen molar-refractivity contribution in [1.29, 1.82) is 0 Å². The zero-order chi connectivity index (χ0) is 12.1. The molecule has 1 rings (SSSR count). The number of methoxy groups -OCH3 is 1. The van der Waals surface area contributed by atoms with Gasteiger partial charge in [-0.3, -0.25) is 9.59 Å². The van der Waals surface area contributed by atoms with Crippen LogP contribution in [0.25, 0.3) is 0 Å². The van der Waals surface area contributed by atoms with Crippen molar-refractivity contribution in [1.82, 2.24) is 0 Å². The van der Waals surface area contributed by atoms with E-state index in [0.717, 1.165) is 5.56 Å². The van der Waals surface area contributed by atoms with Gasteiger partial charge in [-0.15, -0.1) is 0 Å². The summed E-state index contributed by atoms with van der Waals surface area (Å²) in [6.07, 6.45) is 0.204. The number of rotatable bonds is 4. The Hall–Kier alpha value is -1.64. The molecule has 0 aromatic heterocycles. The molecular formula is C13H16O3. The van der Waals surface area contributed by atoms with Gasteiger partial charge in [-0.1, -0.05) is 32.0 Å². The van der Waals surface area contributed by atoms with Crippen LogP contribution in [0.4, 0.5) is 0 Å². The number of carbonyl (C=O) groups excluding carboxylic acids is 2. The van der Waals surface area contributed by atoms with Crippen LogP contribution in [0.15, 0.2) is 24.3 Å². The lowest BCUT2D eigenvalue weighted by molar-refractivity contribution is -0.139. The number of hydrogen-bond donors (Lipinski definition) is 0. The Kier molecular flexibility index (Phi) is 4.23. The molecule has 0 bridgehead atoms. The molecule has 3 heteroatoms. The summed E-state index contributed by atoms with van der Waals surface area (Å²) in [6.45, 7) is 3.71. The molecular weight excluding hydrogens is 204 g/mol. The van der Waals surface area contributed by atoms with Gasteiger partial charge in [0, 0.05) is 11.5 Å². The molecule has 0 spiro atoms. The van der Waals surface area contributed by atoms with Crippen LogP contribution in [0.5, 0.6) is 0 Å². The second-order valence-electron chi connectivity index (χ2n) is 3.97. The number of carbonyl (C=O) groups is 2. The summed E-state index contributed by atoms with van der Waals surface area (Å²) in [4.78, 5) is 22.8. The lowest BCUT2D eigenvalue weighted by Gasteiger charge is -2.06. The minimum Gasteiger partial charge on any atom is -0.469 e. The van der Waals surface area contributed by atoms with E-state index in [1.807, 2.05) is 19.9 Å². The normalized spacial score (nSPS) is 10.2. The average molecular weight is 220 g/mol. The molecule has 16 heavy (non-hydrogen) atoms. The third-order valence-corrected chi connectivity index (χ3v) is 2.31. The molecule has 86 valence electrons. The molecule has 0 aliphatic rings. The lowest BCUT2D eigenvalue weighted by atomic mass is 9.98. The summed E-state index contributed by atoms with van der Waals surface area (Å²) in [5, 5.41) is 0. The molecule has 0 saturated heterocycles. The maximum Gasteiger partial charge on any atom is 0.309 e. The highest BCUT2D eigenvalue weighted by atomic mass is 16.5. The van der Waals surface area contributed by atoms with Crippen LogP contribution in [0.1, 0.15) is 29.8 Å². The van der Waals surface area contributed by atoms with Crippen molar-refractivity contribution < 1.29 is 14.3 Å². The standard InChI is InChI=1S/C13H16O3/c1-9(2)13(15)11-6-4-5-10(7-11)8-12(14)16-3/h4-7,9H,8H2,1-3H3. The van der Waals surface area contributed by atoms with Crippen molar-refractivity contribution in [2.75, 3.05) is 7.11 Å². The van der Waals surface area contributed by atoms with E-state index in [1.54, 1.807) is 18.2 Å². The van der Waals surface area contributed by atoms with Crippen LogP contribution < -0.4 is 0 Å². The van der Waals surface area contributed by atoms with Gasteiger partial charge in [0.15, 0.2) is 5.78 Å². The number of hydrogen-bond acceptors (Lipinski definition) is 3. The summed E-state index contributed by atoms with van der Waals surface area (Å²) < 4.78 is 4.58. The van der Waals surface area contributed by atoms with Gasteiger partial charge < -0.3 is 4.74 Å². The first-order valence-electron chi connectivity index (χ1n) is 5.24. The Labute approximate surface area is 95.4 Å². The van der Waals surface area contributed by atoms with E-state index < -0.39 is 0 Å². The second-order valence-corrected chi connectivity index (χ2v) is 3.97. The average Bonchev–Trinajstić information content (AvgIpc) is 2.28. The molecule has 0 saturated carbocycles. The predicted molar refractivity (Wildman–Crippen MR) is 61.3 cm³/mol. The third kappa shape index (κ3) is 3.19. The van der Waals surface area contributed by atoms with E-state index in [4.69, 9.17) is 0 Å². The Balaban J connectivity index is 2.87. The molecule has 0 aliphatic heterocycles. The number of ether oxygens (including phenoxy) is 1. The summed E-state index contributed by atoms with van der Waals surface area (Å²) in [5.41, 5.74) is 1.45. The van der Waals surface area contributed by atoms with Crippen LogP contribution in [-0.2, 0) is 16.0 Å². The topological polar surface area (TPSA) is 43.4 Å². The lowest BCUT2D eigenvalue weighted by Crippen LogP contribution is -2.09. The summed E-state index contributed by atoms with van der Waals surface area (Å²) in [7, 11) is 1.35. The minimum absolute atomic E-state index is 0.0339. The van der Waals surface area contributed by atoms with Crippen molar-refractivity contribution in [3.8, 4) is 0 Å². The minimum atomic E-state index is -0.297. The fraction of sp³-hybridized carbons (Fsp3) is 0.385. The molecule has 0 heterocycles. The smallest absolute Gasteiger partial charge is 0.309 e. The van der Waals surface area contributed by atoms with Crippen LogP contribution in [-0.4, -0.2) is 18.9 Å². The highest BCUT2D eigenvalue weighted by molar-refractivity contribution is 5.97. The zero-order valence-electron chi connectivity index (χ0n) is 9.82. The van der Waals surface area contributed by atoms with Crippen molar-refractivity contribution >= 4 is 11.8 Å². The van der Waals surface area contributed by atoms with Gasteiger partial charge in [0.1, 0.15) is 0 Å². The first-order chi connectivity index (χ1) is 7.54. The van der Waals surface area contributed by atoms with Crippen molar-refractivity contribution in [3.05, 3.63) is 35.4 Å². The zero-order valence-corrected chi connectivity index (χ0v) is 9.82. The van der Waals surface area contributed by atoms with Crippen molar-refractivity contribution in [2.45, 2.75) is 20.3 Å². The van der Waals surface area contributed by atoms with E-state index >= 15 is 0 Å². The van der Waals surface area contributed by atoms with Crippen LogP contribution in [0.2, 0.25) is 0 Å². The highest BCUT2D eigenvalue weighted by Gasteiger charge is 2.11. The maximum absolute atomic E-state index is 11.7. The summed E-state index contributed by atoms with van der Waals surface area (Å²) >= 11 is 0. The highest BCUT2D eigenvalue weighted by Crippen LogP contribution is 2.11. The molecule has 3 nitrogen and oxygen atoms in total. The fourth-order valence-corrected chi connectivity index (χ4v) is 1.41. The molecule has 0 N–H and O–H groups in total. The van der Waals surface area contributed by atoms with Crippen molar-refractivity contribution in [3.63, 3.8) is 0 Å². The molecule has 0 atom stereocenters. The SMILES string of the molecule is COC(=O)Cc1cccc(C(=O)C(C)C)c1. The third-order valence-electron chi connectivity index (χ3n) is 2.31. The summed E-state index contributed by atoms with van der Waals surface area (Å²) in [5.74, 6) is -0.241.